The summed E-state index contributed by atoms with van der Waals surface area (Å²) >= 11 is 0. The maximum absolute atomic E-state index is 12.8. The Morgan fingerprint density at radius 1 is 1.27 bits per heavy atom. The van der Waals surface area contributed by atoms with Gasteiger partial charge in [0.15, 0.2) is 0 Å². The number of carbonyl (C=O) groups is 1. The summed E-state index contributed by atoms with van der Waals surface area (Å²) in [4.78, 5) is 20.4. The van der Waals surface area contributed by atoms with Crippen molar-refractivity contribution >= 4 is 22.6 Å². The largest absolute Gasteiger partial charge is 0.325 e. The van der Waals surface area contributed by atoms with Gasteiger partial charge in [0.25, 0.3) is 0 Å². The predicted octanol–water partition coefficient (Wildman–Crippen LogP) is 4.15. The third-order valence-electron chi connectivity index (χ3n) is 5.61. The number of H-pyrrole nitrogens is 1. The van der Waals surface area contributed by atoms with Crippen LogP contribution >= 0.6 is 0 Å². The number of hydrogen-bond donors (Lipinski definition) is 2. The van der Waals surface area contributed by atoms with Crippen LogP contribution in [0.15, 0.2) is 36.8 Å². The van der Waals surface area contributed by atoms with Crippen molar-refractivity contribution in [2.45, 2.75) is 39.5 Å². The maximum Gasteiger partial charge on any atom is 0.227 e. The number of aromatic nitrogens is 4. The molecule has 1 aliphatic carbocycles. The average Bonchev–Trinajstić information content (AvgIpc) is 3.31. The fourth-order valence-corrected chi connectivity index (χ4v) is 3.94. The zero-order valence-corrected chi connectivity index (χ0v) is 15.3. The topological polar surface area (TPSA) is 75.6 Å². The standard InChI is InChI=1S/C20H25N5O/c1-13(2)14-4-6-15(7-5-14)20(26)23-17-8-10-21-19-16(17)12-18(24-19)25-11-3-9-22-25/h3,8-15H,4-7H2,1-2H3,(H2,21,23,24,26). The molecule has 6 nitrogen and oxygen atoms in total. The lowest BCUT2D eigenvalue weighted by molar-refractivity contribution is -0.121. The Morgan fingerprint density at radius 3 is 2.77 bits per heavy atom. The van der Waals surface area contributed by atoms with E-state index < -0.39 is 0 Å². The molecule has 3 aromatic heterocycles. The molecular weight excluding hydrogens is 326 g/mol. The molecule has 4 rings (SSSR count). The molecule has 2 N–H and O–H groups in total. The van der Waals surface area contributed by atoms with E-state index in [1.165, 1.54) is 0 Å². The van der Waals surface area contributed by atoms with Gasteiger partial charge in [0, 0.05) is 29.9 Å². The summed E-state index contributed by atoms with van der Waals surface area (Å²) < 4.78 is 1.75. The summed E-state index contributed by atoms with van der Waals surface area (Å²) in [6.45, 7) is 4.56. The van der Waals surface area contributed by atoms with Gasteiger partial charge >= 0.3 is 0 Å². The summed E-state index contributed by atoms with van der Waals surface area (Å²) in [6, 6.07) is 5.70. The third kappa shape index (κ3) is 3.23. The van der Waals surface area contributed by atoms with Crippen molar-refractivity contribution in [3.8, 4) is 5.82 Å². The minimum absolute atomic E-state index is 0.109. The van der Waals surface area contributed by atoms with E-state index in [1.807, 2.05) is 24.4 Å². The second-order valence-corrected chi connectivity index (χ2v) is 7.57. The van der Waals surface area contributed by atoms with Gasteiger partial charge < -0.3 is 10.3 Å². The molecule has 3 heterocycles. The molecule has 6 heteroatoms. The molecule has 0 spiro atoms. The first-order valence-corrected chi connectivity index (χ1v) is 9.40. The summed E-state index contributed by atoms with van der Waals surface area (Å²) in [5, 5.41) is 8.27. The summed E-state index contributed by atoms with van der Waals surface area (Å²) in [6.07, 6.45) is 9.58. The minimum Gasteiger partial charge on any atom is -0.325 e. The Kier molecular flexibility index (Phi) is 4.49. The number of aromatic amines is 1. The Labute approximate surface area is 153 Å². The molecule has 1 aliphatic rings. The zero-order chi connectivity index (χ0) is 18.1. The fraction of sp³-hybridized carbons (Fsp3) is 0.450. The number of nitrogens with one attached hydrogen (secondary N) is 2. The lowest BCUT2D eigenvalue weighted by atomic mass is 9.76. The molecule has 1 saturated carbocycles. The molecule has 0 atom stereocenters. The molecule has 0 radical (unpaired) electrons. The van der Waals surface area contributed by atoms with E-state index in [1.54, 1.807) is 17.1 Å². The average molecular weight is 351 g/mol. The monoisotopic (exact) mass is 351 g/mol. The molecule has 0 bridgehead atoms. The van der Waals surface area contributed by atoms with Gasteiger partial charge in [-0.05, 0) is 55.7 Å². The van der Waals surface area contributed by atoms with Crippen LogP contribution < -0.4 is 5.32 Å². The third-order valence-corrected chi connectivity index (χ3v) is 5.61. The van der Waals surface area contributed by atoms with Crippen molar-refractivity contribution in [3.05, 3.63) is 36.8 Å². The smallest absolute Gasteiger partial charge is 0.227 e. The normalized spacial score (nSPS) is 20.6. The number of nitrogens with zero attached hydrogens (tertiary/aromatic N) is 3. The van der Waals surface area contributed by atoms with Gasteiger partial charge in [0.1, 0.15) is 11.5 Å². The molecule has 0 saturated heterocycles. The van der Waals surface area contributed by atoms with E-state index in [0.717, 1.165) is 54.1 Å². The van der Waals surface area contributed by atoms with E-state index in [0.29, 0.717) is 5.92 Å². The summed E-state index contributed by atoms with van der Waals surface area (Å²) in [7, 11) is 0. The van der Waals surface area contributed by atoms with Crippen molar-refractivity contribution < 1.29 is 4.79 Å². The first kappa shape index (κ1) is 16.8. The van der Waals surface area contributed by atoms with Crippen molar-refractivity contribution in [1.82, 2.24) is 19.7 Å². The minimum atomic E-state index is 0.109. The van der Waals surface area contributed by atoms with Gasteiger partial charge in [0.05, 0.1) is 5.69 Å². The van der Waals surface area contributed by atoms with Crippen molar-refractivity contribution in [3.63, 3.8) is 0 Å². The van der Waals surface area contributed by atoms with Crippen molar-refractivity contribution in [2.75, 3.05) is 5.32 Å². The van der Waals surface area contributed by atoms with Crippen LogP contribution in [0.25, 0.3) is 16.9 Å². The van der Waals surface area contributed by atoms with Gasteiger partial charge in [-0.15, -0.1) is 0 Å². The number of fused-ring (bicyclic) bond motifs is 1. The maximum atomic E-state index is 12.8. The molecule has 0 aromatic carbocycles. The Hall–Kier alpha value is -2.63. The van der Waals surface area contributed by atoms with Gasteiger partial charge in [-0.3, -0.25) is 4.79 Å². The van der Waals surface area contributed by atoms with E-state index in [9.17, 15) is 4.79 Å². The molecule has 0 aliphatic heterocycles. The molecular formula is C20H25N5O. The second-order valence-electron chi connectivity index (χ2n) is 7.57. The first-order chi connectivity index (χ1) is 12.6. The molecule has 1 amide bonds. The number of rotatable bonds is 4. The second kappa shape index (κ2) is 6.94. The van der Waals surface area contributed by atoms with Crippen molar-refractivity contribution in [2.24, 2.45) is 17.8 Å². The van der Waals surface area contributed by atoms with Gasteiger partial charge in [-0.1, -0.05) is 13.8 Å². The number of amides is 1. The fourth-order valence-electron chi connectivity index (χ4n) is 3.94. The van der Waals surface area contributed by atoms with E-state index in [-0.39, 0.29) is 11.8 Å². The van der Waals surface area contributed by atoms with Crippen LogP contribution in [0.5, 0.6) is 0 Å². The molecule has 136 valence electrons. The van der Waals surface area contributed by atoms with Crippen LogP contribution in [0.4, 0.5) is 5.69 Å². The molecule has 1 fully saturated rings. The van der Waals surface area contributed by atoms with Crippen LogP contribution in [0.1, 0.15) is 39.5 Å². The van der Waals surface area contributed by atoms with Crippen LogP contribution in [0.3, 0.4) is 0 Å². The number of anilines is 1. The van der Waals surface area contributed by atoms with E-state index in [4.69, 9.17) is 0 Å². The molecule has 3 aromatic rings. The molecule has 0 unspecified atom stereocenters. The SMILES string of the molecule is CC(C)C1CCC(C(=O)Nc2ccnc3[nH]c(-n4cccn4)cc23)CC1. The van der Waals surface area contributed by atoms with Crippen LogP contribution in [0, 0.1) is 17.8 Å². The van der Waals surface area contributed by atoms with Gasteiger partial charge in [-0.2, -0.15) is 5.10 Å². The summed E-state index contributed by atoms with van der Waals surface area (Å²) in [5.41, 5.74) is 1.55. The lowest BCUT2D eigenvalue weighted by Crippen LogP contribution is -2.28. The highest BCUT2D eigenvalue weighted by atomic mass is 16.1. The lowest BCUT2D eigenvalue weighted by Gasteiger charge is -2.30. The predicted molar refractivity (Wildman–Crippen MR) is 102 cm³/mol. The van der Waals surface area contributed by atoms with Gasteiger partial charge in [0.2, 0.25) is 5.91 Å². The van der Waals surface area contributed by atoms with Crippen molar-refractivity contribution in [1.29, 1.82) is 0 Å². The number of hydrogen-bond acceptors (Lipinski definition) is 3. The van der Waals surface area contributed by atoms with E-state index in [2.05, 4.69) is 34.2 Å². The highest BCUT2D eigenvalue weighted by Gasteiger charge is 2.28. The van der Waals surface area contributed by atoms with Crippen LogP contribution in [0.2, 0.25) is 0 Å². The Bertz CT molecular complexity index is 888. The first-order valence-electron chi connectivity index (χ1n) is 9.40. The van der Waals surface area contributed by atoms with E-state index >= 15 is 0 Å². The van der Waals surface area contributed by atoms with Crippen LogP contribution in [-0.4, -0.2) is 25.7 Å². The van der Waals surface area contributed by atoms with Gasteiger partial charge in [-0.25, -0.2) is 9.67 Å². The Balaban J connectivity index is 1.51. The highest BCUT2D eigenvalue weighted by molar-refractivity contribution is 6.01. The summed E-state index contributed by atoms with van der Waals surface area (Å²) in [5.74, 6) is 2.53. The zero-order valence-electron chi connectivity index (χ0n) is 15.3. The number of carbonyl (C=O) groups excluding carboxylic acids is 1. The Morgan fingerprint density at radius 2 is 2.08 bits per heavy atom. The number of pyridine rings is 1. The van der Waals surface area contributed by atoms with Crippen LogP contribution in [-0.2, 0) is 4.79 Å². The highest BCUT2D eigenvalue weighted by Crippen LogP contribution is 2.34. The molecule has 26 heavy (non-hydrogen) atoms. The quantitative estimate of drug-likeness (QED) is 0.741.